The second-order valence-corrected chi connectivity index (χ2v) is 7.37. The molecule has 4 aromatic rings. The van der Waals surface area contributed by atoms with Crippen molar-refractivity contribution in [1.29, 1.82) is 0 Å². The van der Waals surface area contributed by atoms with Crippen molar-refractivity contribution in [2.75, 3.05) is 25.6 Å². The predicted octanol–water partition coefficient (Wildman–Crippen LogP) is 4.63. The molecular weight excluding hydrogens is 427 g/mol. The number of pyridine rings is 2. The minimum atomic E-state index is -0.520. The van der Waals surface area contributed by atoms with Crippen molar-refractivity contribution in [3.8, 4) is 22.9 Å². The Balaban J connectivity index is 1.74. The van der Waals surface area contributed by atoms with Gasteiger partial charge in [-0.2, -0.15) is 0 Å². The van der Waals surface area contributed by atoms with Gasteiger partial charge in [-0.25, -0.2) is 14.2 Å². The van der Waals surface area contributed by atoms with Crippen molar-refractivity contribution in [3.63, 3.8) is 0 Å². The van der Waals surface area contributed by atoms with Crippen LogP contribution in [0.1, 0.15) is 23.0 Å². The first-order chi connectivity index (χ1) is 16.1. The summed E-state index contributed by atoms with van der Waals surface area (Å²) in [5, 5.41) is 3.20. The van der Waals surface area contributed by atoms with Crippen LogP contribution in [0, 0.1) is 5.82 Å². The van der Waals surface area contributed by atoms with Crippen molar-refractivity contribution < 1.29 is 23.4 Å². The van der Waals surface area contributed by atoms with Crippen molar-refractivity contribution in [2.45, 2.75) is 13.3 Å². The number of hydrogen-bond acceptors (Lipinski definition) is 7. The molecule has 1 aliphatic heterocycles. The third-order valence-electron chi connectivity index (χ3n) is 5.42. The van der Waals surface area contributed by atoms with Gasteiger partial charge in [-0.1, -0.05) is 6.07 Å². The Kier molecular flexibility index (Phi) is 5.29. The molecule has 1 aliphatic rings. The van der Waals surface area contributed by atoms with E-state index in [9.17, 15) is 9.18 Å². The molecule has 5 rings (SSSR count). The average Bonchev–Trinajstić information content (AvgIpc) is 3.18. The van der Waals surface area contributed by atoms with E-state index in [4.69, 9.17) is 14.2 Å². The number of nitrogens with zero attached hydrogens (tertiary/aromatic N) is 2. The van der Waals surface area contributed by atoms with Crippen LogP contribution in [0.25, 0.3) is 22.3 Å². The molecule has 0 saturated carbocycles. The van der Waals surface area contributed by atoms with Crippen LogP contribution in [-0.4, -0.2) is 41.2 Å². The number of ether oxygens (including phenoxy) is 3. The monoisotopic (exact) mass is 448 g/mol. The lowest BCUT2D eigenvalue weighted by molar-refractivity contribution is 0.0480. The molecular formula is C24H21FN4O4. The molecule has 9 heteroatoms. The fraction of sp³-hybridized carbons (Fsp3) is 0.208. The quantitative estimate of drug-likeness (QED) is 0.415. The highest BCUT2D eigenvalue weighted by Crippen LogP contribution is 2.41. The zero-order chi connectivity index (χ0) is 22.9. The lowest BCUT2D eigenvalue weighted by Crippen LogP contribution is -2.17. The van der Waals surface area contributed by atoms with Gasteiger partial charge in [0, 0.05) is 29.9 Å². The van der Waals surface area contributed by atoms with Crippen molar-refractivity contribution >= 4 is 28.4 Å². The molecule has 0 radical (unpaired) electrons. The number of benzene rings is 1. The van der Waals surface area contributed by atoms with E-state index in [0.717, 1.165) is 5.69 Å². The van der Waals surface area contributed by atoms with Gasteiger partial charge in [-0.3, -0.25) is 4.98 Å². The first-order valence-electron chi connectivity index (χ1n) is 10.5. The van der Waals surface area contributed by atoms with Gasteiger partial charge in [-0.15, -0.1) is 0 Å². The summed E-state index contributed by atoms with van der Waals surface area (Å²) in [5.74, 6) is -0.471. The number of carbonyl (C=O) groups is 1. The first-order valence-corrected chi connectivity index (χ1v) is 10.5. The number of anilines is 2. The van der Waals surface area contributed by atoms with Gasteiger partial charge < -0.3 is 24.5 Å². The molecule has 0 aliphatic carbocycles. The average molecular weight is 448 g/mol. The van der Waals surface area contributed by atoms with Crippen molar-refractivity contribution in [3.05, 3.63) is 59.7 Å². The zero-order valence-electron chi connectivity index (χ0n) is 18.1. The number of H-pyrrole nitrogens is 1. The summed E-state index contributed by atoms with van der Waals surface area (Å²) in [4.78, 5) is 25.1. The summed E-state index contributed by atoms with van der Waals surface area (Å²) in [5.41, 5.74) is 4.51. The molecule has 8 nitrogen and oxygen atoms in total. The molecule has 0 atom stereocenters. The third-order valence-corrected chi connectivity index (χ3v) is 5.42. The number of cyclic esters (lactones) is 1. The Hall–Kier alpha value is -4.14. The Morgan fingerprint density at radius 2 is 2.12 bits per heavy atom. The molecule has 168 valence electrons. The summed E-state index contributed by atoms with van der Waals surface area (Å²) in [6.45, 7) is 2.64. The fourth-order valence-electron chi connectivity index (χ4n) is 4.00. The van der Waals surface area contributed by atoms with Crippen LogP contribution in [0.4, 0.5) is 15.8 Å². The number of carbonyl (C=O) groups excluding carboxylic acids is 1. The number of aromatic nitrogens is 3. The lowest BCUT2D eigenvalue weighted by Gasteiger charge is -2.16. The normalized spacial score (nSPS) is 12.9. The molecule has 4 heterocycles. The van der Waals surface area contributed by atoms with E-state index >= 15 is 0 Å². The van der Waals surface area contributed by atoms with Crippen molar-refractivity contribution in [2.24, 2.45) is 0 Å². The molecule has 0 fully saturated rings. The number of hydrogen-bond donors (Lipinski definition) is 2. The number of halogens is 1. The molecule has 33 heavy (non-hydrogen) atoms. The van der Waals surface area contributed by atoms with E-state index < -0.39 is 11.8 Å². The smallest absolute Gasteiger partial charge is 0.342 e. The van der Waals surface area contributed by atoms with Gasteiger partial charge in [0.05, 0.1) is 42.9 Å². The number of aromatic amines is 1. The molecule has 1 aromatic carbocycles. The molecule has 0 bridgehead atoms. The summed E-state index contributed by atoms with van der Waals surface area (Å²) < 4.78 is 30.5. The number of fused-ring (bicyclic) bond motifs is 2. The SMILES string of the molecule is CCOc1ccc2nccc(-c3[nH]c4c(c3Nc3cccc(F)c3OC)C(=O)OCC4)c2n1. The summed E-state index contributed by atoms with van der Waals surface area (Å²) in [7, 11) is 1.39. The van der Waals surface area contributed by atoms with Crippen LogP contribution >= 0.6 is 0 Å². The lowest BCUT2D eigenvalue weighted by atomic mass is 10.1. The third kappa shape index (κ3) is 3.61. The molecule has 2 N–H and O–H groups in total. The maximum Gasteiger partial charge on any atom is 0.342 e. The maximum absolute atomic E-state index is 14.3. The fourth-order valence-corrected chi connectivity index (χ4v) is 4.00. The second-order valence-electron chi connectivity index (χ2n) is 7.37. The van der Waals surface area contributed by atoms with Gasteiger partial charge in [0.25, 0.3) is 0 Å². The van der Waals surface area contributed by atoms with Gasteiger partial charge in [0.15, 0.2) is 11.6 Å². The highest BCUT2D eigenvalue weighted by molar-refractivity contribution is 6.06. The molecule has 0 amide bonds. The van der Waals surface area contributed by atoms with Crippen LogP contribution in [0.5, 0.6) is 11.6 Å². The predicted molar refractivity (Wildman–Crippen MR) is 121 cm³/mol. The summed E-state index contributed by atoms with van der Waals surface area (Å²) >= 11 is 0. The van der Waals surface area contributed by atoms with Crippen LogP contribution in [-0.2, 0) is 11.2 Å². The Morgan fingerprint density at radius 1 is 1.24 bits per heavy atom. The second kappa shape index (κ2) is 8.42. The minimum Gasteiger partial charge on any atom is -0.492 e. The number of methoxy groups -OCH3 is 1. The summed E-state index contributed by atoms with van der Waals surface area (Å²) in [6.07, 6.45) is 2.20. The van der Waals surface area contributed by atoms with Crippen LogP contribution in [0.15, 0.2) is 42.6 Å². The Labute approximate surface area is 188 Å². The van der Waals surface area contributed by atoms with Gasteiger partial charge in [-0.05, 0) is 31.2 Å². The topological polar surface area (TPSA) is 98.4 Å². The number of esters is 1. The maximum atomic E-state index is 14.3. The number of para-hydroxylation sites is 1. The Bertz CT molecular complexity index is 1370. The van der Waals surface area contributed by atoms with E-state index in [0.29, 0.717) is 58.1 Å². The van der Waals surface area contributed by atoms with Crippen LogP contribution in [0.3, 0.4) is 0 Å². The van der Waals surface area contributed by atoms with E-state index in [1.807, 2.05) is 19.1 Å². The zero-order valence-corrected chi connectivity index (χ0v) is 18.1. The number of nitrogens with one attached hydrogen (secondary N) is 2. The van der Waals surface area contributed by atoms with Crippen LogP contribution in [0.2, 0.25) is 0 Å². The van der Waals surface area contributed by atoms with E-state index in [1.54, 1.807) is 24.4 Å². The van der Waals surface area contributed by atoms with Gasteiger partial charge in [0.2, 0.25) is 5.88 Å². The van der Waals surface area contributed by atoms with E-state index in [-0.39, 0.29) is 12.4 Å². The molecule has 0 spiro atoms. The standard InChI is InChI=1S/C24H21FN4O4/c1-3-32-18-8-7-16-20(29-18)13(9-11-26-16)21-22(19-15(27-21)10-12-33-24(19)30)28-17-6-4-5-14(25)23(17)31-2/h4-9,11,27-28H,3,10,12H2,1-2H3. The summed E-state index contributed by atoms with van der Waals surface area (Å²) in [6, 6.07) is 9.94. The Morgan fingerprint density at radius 3 is 2.94 bits per heavy atom. The number of rotatable bonds is 6. The highest BCUT2D eigenvalue weighted by Gasteiger charge is 2.30. The largest absolute Gasteiger partial charge is 0.492 e. The van der Waals surface area contributed by atoms with E-state index in [1.165, 1.54) is 13.2 Å². The van der Waals surface area contributed by atoms with Crippen molar-refractivity contribution in [1.82, 2.24) is 15.0 Å². The van der Waals surface area contributed by atoms with E-state index in [2.05, 4.69) is 20.3 Å². The van der Waals surface area contributed by atoms with Crippen LogP contribution < -0.4 is 14.8 Å². The first kappa shape index (κ1) is 20.7. The van der Waals surface area contributed by atoms with Gasteiger partial charge in [0.1, 0.15) is 11.1 Å². The molecule has 3 aromatic heterocycles. The highest BCUT2D eigenvalue weighted by atomic mass is 19.1. The molecule has 0 saturated heterocycles. The molecule has 0 unspecified atom stereocenters. The minimum absolute atomic E-state index is 0.0407. The van der Waals surface area contributed by atoms with Gasteiger partial charge >= 0.3 is 5.97 Å².